The molecule has 3 aromatic heterocycles. The van der Waals surface area contributed by atoms with E-state index < -0.39 is 0 Å². The topological polar surface area (TPSA) is 73.4 Å². The molecule has 138 valence electrons. The van der Waals surface area contributed by atoms with Gasteiger partial charge in [-0.15, -0.1) is 0 Å². The minimum atomic E-state index is -0.229. The van der Waals surface area contributed by atoms with E-state index in [-0.39, 0.29) is 12.5 Å². The lowest BCUT2D eigenvalue weighted by Gasteiger charge is -2.17. The molecule has 0 aliphatic heterocycles. The fourth-order valence-electron chi connectivity index (χ4n) is 2.78. The van der Waals surface area contributed by atoms with Crippen LogP contribution in [0.5, 0.6) is 5.75 Å². The summed E-state index contributed by atoms with van der Waals surface area (Å²) < 4.78 is 13.5. The van der Waals surface area contributed by atoms with Crippen molar-refractivity contribution in [2.75, 3.05) is 12.0 Å². The Kier molecular flexibility index (Phi) is 4.41. The molecule has 3 heterocycles. The molecule has 0 N–H and O–H groups in total. The highest BCUT2D eigenvalue weighted by molar-refractivity contribution is 7.22. The van der Waals surface area contributed by atoms with Gasteiger partial charge in [0, 0.05) is 12.7 Å². The van der Waals surface area contributed by atoms with Crippen molar-refractivity contribution in [3.05, 3.63) is 59.8 Å². The standard InChI is InChI=1S/C19H18N4O3S/c1-12-10-14(21-22(12)2)18(24)23(11-13-6-5-9-26-13)19-20-17-15(25-3)7-4-8-16(17)27-19/h4-10H,11H2,1-3H3. The zero-order valence-electron chi connectivity index (χ0n) is 15.2. The first kappa shape index (κ1) is 17.3. The highest BCUT2D eigenvalue weighted by Crippen LogP contribution is 2.35. The van der Waals surface area contributed by atoms with Crippen molar-refractivity contribution in [1.82, 2.24) is 14.8 Å². The number of nitrogens with zero attached hydrogens (tertiary/aromatic N) is 4. The van der Waals surface area contributed by atoms with Crippen molar-refractivity contribution in [3.8, 4) is 5.75 Å². The van der Waals surface area contributed by atoms with E-state index in [0.29, 0.717) is 22.3 Å². The number of benzene rings is 1. The molecule has 27 heavy (non-hydrogen) atoms. The molecule has 8 heteroatoms. The van der Waals surface area contributed by atoms with Gasteiger partial charge in [-0.1, -0.05) is 17.4 Å². The van der Waals surface area contributed by atoms with E-state index in [1.807, 2.05) is 38.2 Å². The van der Waals surface area contributed by atoms with E-state index >= 15 is 0 Å². The van der Waals surface area contributed by atoms with Crippen molar-refractivity contribution in [2.24, 2.45) is 7.05 Å². The number of fused-ring (bicyclic) bond motifs is 1. The lowest BCUT2D eigenvalue weighted by atomic mass is 10.3. The van der Waals surface area contributed by atoms with Gasteiger partial charge in [0.25, 0.3) is 5.91 Å². The van der Waals surface area contributed by atoms with Crippen LogP contribution < -0.4 is 9.64 Å². The van der Waals surface area contributed by atoms with Crippen LogP contribution in [0.4, 0.5) is 5.13 Å². The molecule has 0 unspecified atom stereocenters. The average molecular weight is 382 g/mol. The second-order valence-electron chi connectivity index (χ2n) is 6.07. The van der Waals surface area contributed by atoms with Crippen LogP contribution in [0.25, 0.3) is 10.2 Å². The van der Waals surface area contributed by atoms with Gasteiger partial charge in [0.05, 0.1) is 24.6 Å². The fraction of sp³-hybridized carbons (Fsp3) is 0.211. The predicted octanol–water partition coefficient (Wildman–Crippen LogP) is 3.79. The summed E-state index contributed by atoms with van der Waals surface area (Å²) in [5.41, 5.74) is 2.00. The van der Waals surface area contributed by atoms with E-state index in [9.17, 15) is 4.79 Å². The number of hydrogen-bond acceptors (Lipinski definition) is 6. The Morgan fingerprint density at radius 3 is 2.85 bits per heavy atom. The van der Waals surface area contributed by atoms with Crippen LogP contribution in [0.15, 0.2) is 47.1 Å². The van der Waals surface area contributed by atoms with E-state index in [4.69, 9.17) is 9.15 Å². The Balaban J connectivity index is 1.79. The first-order valence-corrected chi connectivity index (χ1v) is 9.17. The molecule has 0 radical (unpaired) electrons. The summed E-state index contributed by atoms with van der Waals surface area (Å²) in [6.07, 6.45) is 1.59. The zero-order valence-corrected chi connectivity index (χ0v) is 16.0. The molecule has 1 aromatic carbocycles. The number of carbonyl (C=O) groups excluding carboxylic acids is 1. The Morgan fingerprint density at radius 2 is 2.19 bits per heavy atom. The number of thiazole rings is 1. The van der Waals surface area contributed by atoms with Crippen molar-refractivity contribution in [1.29, 1.82) is 0 Å². The quantitative estimate of drug-likeness (QED) is 0.525. The third-order valence-corrected chi connectivity index (χ3v) is 5.34. The van der Waals surface area contributed by atoms with Gasteiger partial charge in [0.1, 0.15) is 17.0 Å². The number of hydrogen-bond donors (Lipinski definition) is 0. The second kappa shape index (κ2) is 6.88. The minimum Gasteiger partial charge on any atom is -0.494 e. The van der Waals surface area contributed by atoms with Crippen molar-refractivity contribution in [3.63, 3.8) is 0 Å². The maximum absolute atomic E-state index is 13.2. The molecule has 1 amide bonds. The summed E-state index contributed by atoms with van der Waals surface area (Å²) >= 11 is 1.43. The molecule has 0 atom stereocenters. The third-order valence-electron chi connectivity index (χ3n) is 4.29. The van der Waals surface area contributed by atoms with Gasteiger partial charge in [-0.05, 0) is 37.3 Å². The molecule has 0 fully saturated rings. The van der Waals surface area contributed by atoms with Crippen molar-refractivity contribution < 1.29 is 13.9 Å². The van der Waals surface area contributed by atoms with Crippen LogP contribution in [-0.2, 0) is 13.6 Å². The highest BCUT2D eigenvalue weighted by Gasteiger charge is 2.25. The van der Waals surface area contributed by atoms with Gasteiger partial charge in [0.2, 0.25) is 0 Å². The Bertz CT molecular complexity index is 1080. The number of aryl methyl sites for hydroxylation is 2. The van der Waals surface area contributed by atoms with Gasteiger partial charge in [-0.25, -0.2) is 4.98 Å². The molecule has 0 saturated carbocycles. The molecule has 0 spiro atoms. The lowest BCUT2D eigenvalue weighted by molar-refractivity contribution is 0.0977. The molecule has 4 aromatic rings. The van der Waals surface area contributed by atoms with Crippen LogP contribution in [0.3, 0.4) is 0 Å². The smallest absolute Gasteiger partial charge is 0.280 e. The van der Waals surface area contributed by atoms with Gasteiger partial charge >= 0.3 is 0 Å². The van der Waals surface area contributed by atoms with Crippen LogP contribution in [0.2, 0.25) is 0 Å². The van der Waals surface area contributed by atoms with Crippen LogP contribution in [-0.4, -0.2) is 27.8 Å². The summed E-state index contributed by atoms with van der Waals surface area (Å²) in [7, 11) is 3.42. The first-order chi connectivity index (χ1) is 13.1. The number of methoxy groups -OCH3 is 1. The molecular weight excluding hydrogens is 364 g/mol. The maximum atomic E-state index is 13.2. The fourth-order valence-corrected chi connectivity index (χ4v) is 3.76. The maximum Gasteiger partial charge on any atom is 0.280 e. The number of ether oxygens (including phenoxy) is 1. The number of amides is 1. The number of para-hydroxylation sites is 1. The highest BCUT2D eigenvalue weighted by atomic mass is 32.1. The molecule has 4 rings (SSSR count). The lowest BCUT2D eigenvalue weighted by Crippen LogP contribution is -2.30. The summed E-state index contributed by atoms with van der Waals surface area (Å²) in [6, 6.07) is 11.1. The third kappa shape index (κ3) is 3.19. The SMILES string of the molecule is COc1cccc2sc(N(Cc3ccco3)C(=O)c3cc(C)n(C)n3)nc12. The summed E-state index contributed by atoms with van der Waals surface area (Å²) in [4.78, 5) is 19.5. The number of anilines is 1. The summed E-state index contributed by atoms with van der Waals surface area (Å²) in [6.45, 7) is 2.17. The molecule has 0 bridgehead atoms. The molecular formula is C19H18N4O3S. The Labute approximate surface area is 159 Å². The minimum absolute atomic E-state index is 0.229. The predicted molar refractivity (Wildman–Crippen MR) is 103 cm³/mol. The van der Waals surface area contributed by atoms with Crippen LogP contribution in [0, 0.1) is 6.92 Å². The van der Waals surface area contributed by atoms with E-state index in [2.05, 4.69) is 10.1 Å². The Morgan fingerprint density at radius 1 is 1.33 bits per heavy atom. The van der Waals surface area contributed by atoms with Crippen LogP contribution in [0.1, 0.15) is 21.9 Å². The first-order valence-electron chi connectivity index (χ1n) is 8.35. The van der Waals surface area contributed by atoms with E-state index in [1.54, 1.807) is 35.1 Å². The second-order valence-corrected chi connectivity index (χ2v) is 7.08. The average Bonchev–Trinajstić information content (AvgIpc) is 3.39. The largest absolute Gasteiger partial charge is 0.494 e. The molecule has 0 aliphatic carbocycles. The van der Waals surface area contributed by atoms with Crippen molar-refractivity contribution in [2.45, 2.75) is 13.5 Å². The molecule has 7 nitrogen and oxygen atoms in total. The van der Waals surface area contributed by atoms with Crippen LogP contribution >= 0.6 is 11.3 Å². The summed E-state index contributed by atoms with van der Waals surface area (Å²) in [5.74, 6) is 1.12. The van der Waals surface area contributed by atoms with E-state index in [0.717, 1.165) is 15.9 Å². The van der Waals surface area contributed by atoms with Gasteiger partial charge in [0.15, 0.2) is 10.8 Å². The van der Waals surface area contributed by atoms with Gasteiger partial charge in [-0.3, -0.25) is 14.4 Å². The van der Waals surface area contributed by atoms with Crippen molar-refractivity contribution >= 4 is 32.6 Å². The van der Waals surface area contributed by atoms with Gasteiger partial charge in [-0.2, -0.15) is 5.10 Å². The number of carbonyl (C=O) groups is 1. The van der Waals surface area contributed by atoms with Gasteiger partial charge < -0.3 is 9.15 Å². The molecule has 0 saturated heterocycles. The molecule has 0 aliphatic rings. The number of furan rings is 1. The Hall–Kier alpha value is -3.13. The monoisotopic (exact) mass is 382 g/mol. The zero-order chi connectivity index (χ0) is 19.0. The van der Waals surface area contributed by atoms with E-state index in [1.165, 1.54) is 11.3 Å². The number of aromatic nitrogens is 3. The number of rotatable bonds is 5. The normalized spacial score (nSPS) is 11.1. The summed E-state index contributed by atoms with van der Waals surface area (Å²) in [5, 5.41) is 4.89.